The standard InChI is InChI=1S/C28H53N5O5/c1-5-7-9-10-11-12-13-14-15-17-19-29-27(37)22(3)32-26(36)21-31-28(38)23(4)33-25(35)20-30-24(34)18-16-8-6-2/h22-23H,5-21H2,1-4H3,(H,29,37)(H,30,34)(H,31,38)(H,32,36)(H,33,35)/t22-,23-/m0/s1. The van der Waals surface area contributed by atoms with Crippen molar-refractivity contribution >= 4 is 29.5 Å². The Morgan fingerprint density at radius 3 is 1.45 bits per heavy atom. The minimum absolute atomic E-state index is 0.205. The third kappa shape index (κ3) is 20.4. The average Bonchev–Trinajstić information content (AvgIpc) is 2.89. The van der Waals surface area contributed by atoms with Crippen LogP contribution in [0.2, 0.25) is 0 Å². The molecule has 220 valence electrons. The zero-order valence-corrected chi connectivity index (χ0v) is 24.2. The molecule has 0 aromatic carbocycles. The number of carbonyl (C=O) groups excluding carboxylic acids is 5. The minimum Gasteiger partial charge on any atom is -0.354 e. The van der Waals surface area contributed by atoms with Gasteiger partial charge in [0.05, 0.1) is 13.1 Å². The highest BCUT2D eigenvalue weighted by molar-refractivity contribution is 5.93. The Balaban J connectivity index is 3.93. The molecular weight excluding hydrogens is 486 g/mol. The maximum absolute atomic E-state index is 12.2. The van der Waals surface area contributed by atoms with Gasteiger partial charge < -0.3 is 26.6 Å². The van der Waals surface area contributed by atoms with Gasteiger partial charge in [0.2, 0.25) is 29.5 Å². The highest BCUT2D eigenvalue weighted by atomic mass is 16.2. The van der Waals surface area contributed by atoms with Gasteiger partial charge in [0.15, 0.2) is 0 Å². The number of carbonyl (C=O) groups is 5. The molecule has 0 aliphatic rings. The van der Waals surface area contributed by atoms with Gasteiger partial charge in [-0.05, 0) is 26.7 Å². The Hall–Kier alpha value is -2.65. The zero-order chi connectivity index (χ0) is 28.6. The summed E-state index contributed by atoms with van der Waals surface area (Å²) in [5.41, 5.74) is 0. The van der Waals surface area contributed by atoms with E-state index in [1.54, 1.807) is 6.92 Å². The van der Waals surface area contributed by atoms with Crippen molar-refractivity contribution in [1.29, 1.82) is 0 Å². The Bertz CT molecular complexity index is 701. The molecule has 5 amide bonds. The van der Waals surface area contributed by atoms with Gasteiger partial charge in [0.25, 0.3) is 0 Å². The molecule has 0 saturated heterocycles. The van der Waals surface area contributed by atoms with Gasteiger partial charge in [-0.3, -0.25) is 24.0 Å². The molecule has 0 spiro atoms. The minimum atomic E-state index is -0.880. The Labute approximate surface area is 229 Å². The van der Waals surface area contributed by atoms with E-state index in [-0.39, 0.29) is 24.9 Å². The third-order valence-electron chi connectivity index (χ3n) is 6.25. The second-order valence-electron chi connectivity index (χ2n) is 10.0. The smallest absolute Gasteiger partial charge is 0.242 e. The van der Waals surface area contributed by atoms with Gasteiger partial charge in [-0.2, -0.15) is 0 Å². The lowest BCUT2D eigenvalue weighted by Crippen LogP contribution is -2.51. The largest absolute Gasteiger partial charge is 0.354 e. The normalized spacial score (nSPS) is 12.2. The van der Waals surface area contributed by atoms with Gasteiger partial charge in [-0.15, -0.1) is 0 Å². The first-order valence-corrected chi connectivity index (χ1v) is 14.6. The van der Waals surface area contributed by atoms with Crippen molar-refractivity contribution in [3.8, 4) is 0 Å². The Morgan fingerprint density at radius 1 is 0.500 bits per heavy atom. The summed E-state index contributed by atoms with van der Waals surface area (Å²) in [5, 5.41) is 12.8. The van der Waals surface area contributed by atoms with E-state index < -0.39 is 29.8 Å². The van der Waals surface area contributed by atoms with Crippen LogP contribution in [0.1, 0.15) is 118 Å². The van der Waals surface area contributed by atoms with E-state index in [9.17, 15) is 24.0 Å². The van der Waals surface area contributed by atoms with Gasteiger partial charge in [0, 0.05) is 13.0 Å². The van der Waals surface area contributed by atoms with Crippen molar-refractivity contribution < 1.29 is 24.0 Å². The lowest BCUT2D eigenvalue weighted by molar-refractivity contribution is -0.131. The van der Waals surface area contributed by atoms with E-state index in [2.05, 4.69) is 33.5 Å². The molecule has 38 heavy (non-hydrogen) atoms. The van der Waals surface area contributed by atoms with Gasteiger partial charge in [-0.25, -0.2) is 0 Å². The van der Waals surface area contributed by atoms with Crippen LogP contribution in [0.3, 0.4) is 0 Å². The second kappa shape index (κ2) is 23.5. The molecule has 0 aliphatic carbocycles. The van der Waals surface area contributed by atoms with Crippen molar-refractivity contribution in [2.75, 3.05) is 19.6 Å². The fourth-order valence-electron chi connectivity index (χ4n) is 3.82. The van der Waals surface area contributed by atoms with Crippen molar-refractivity contribution in [2.45, 2.75) is 130 Å². The van der Waals surface area contributed by atoms with Crippen LogP contribution < -0.4 is 26.6 Å². The van der Waals surface area contributed by atoms with Gasteiger partial charge >= 0.3 is 0 Å². The highest BCUT2D eigenvalue weighted by Gasteiger charge is 2.19. The molecule has 0 aromatic rings. The molecule has 0 heterocycles. The molecule has 0 aromatic heterocycles. The molecule has 2 atom stereocenters. The maximum Gasteiger partial charge on any atom is 0.242 e. The number of rotatable bonds is 23. The van der Waals surface area contributed by atoms with E-state index in [1.807, 2.05) is 6.92 Å². The number of nitrogens with one attached hydrogen (secondary N) is 5. The van der Waals surface area contributed by atoms with Crippen LogP contribution in [-0.2, 0) is 24.0 Å². The fraction of sp³-hybridized carbons (Fsp3) is 0.821. The molecule has 0 rings (SSSR count). The second-order valence-corrected chi connectivity index (χ2v) is 10.0. The summed E-state index contributed by atoms with van der Waals surface area (Å²) in [7, 11) is 0. The number of unbranched alkanes of at least 4 members (excludes halogenated alkanes) is 11. The summed E-state index contributed by atoms with van der Waals surface area (Å²) in [6, 6.07) is -1.60. The molecule has 0 fully saturated rings. The van der Waals surface area contributed by atoms with Crippen molar-refractivity contribution in [1.82, 2.24) is 26.6 Å². The van der Waals surface area contributed by atoms with Crippen LogP contribution >= 0.6 is 0 Å². The Kier molecular flexibility index (Phi) is 21.8. The van der Waals surface area contributed by atoms with Crippen LogP contribution in [0.4, 0.5) is 0 Å². The molecule has 0 saturated carbocycles. The molecule has 0 unspecified atom stereocenters. The number of hydrogen-bond donors (Lipinski definition) is 5. The van der Waals surface area contributed by atoms with E-state index in [0.717, 1.165) is 32.1 Å². The van der Waals surface area contributed by atoms with Crippen LogP contribution in [-0.4, -0.2) is 61.3 Å². The summed E-state index contributed by atoms with van der Waals surface area (Å²) >= 11 is 0. The summed E-state index contributed by atoms with van der Waals surface area (Å²) in [6.07, 6.45) is 15.3. The number of amides is 5. The predicted molar refractivity (Wildman–Crippen MR) is 150 cm³/mol. The SMILES string of the molecule is CCCCCCCCCCCCNC(=O)[C@H](C)NC(=O)CNC(=O)[C@H](C)NC(=O)CNC(=O)CCCCC. The van der Waals surface area contributed by atoms with Crippen LogP contribution in [0.25, 0.3) is 0 Å². The zero-order valence-electron chi connectivity index (χ0n) is 24.2. The molecular formula is C28H53N5O5. The van der Waals surface area contributed by atoms with Crippen LogP contribution in [0.15, 0.2) is 0 Å². The van der Waals surface area contributed by atoms with Gasteiger partial charge in [0.1, 0.15) is 12.1 Å². The summed E-state index contributed by atoms with van der Waals surface area (Å²) in [5.74, 6) is -2.01. The number of hydrogen-bond acceptors (Lipinski definition) is 5. The monoisotopic (exact) mass is 539 g/mol. The highest BCUT2D eigenvalue weighted by Crippen LogP contribution is 2.10. The predicted octanol–water partition coefficient (Wildman–Crippen LogP) is 2.85. The summed E-state index contributed by atoms with van der Waals surface area (Å²) in [4.78, 5) is 60.1. The third-order valence-corrected chi connectivity index (χ3v) is 6.25. The lowest BCUT2D eigenvalue weighted by atomic mass is 10.1. The van der Waals surface area contributed by atoms with E-state index in [1.165, 1.54) is 58.3 Å². The van der Waals surface area contributed by atoms with Gasteiger partial charge in [-0.1, -0.05) is 84.5 Å². The molecule has 0 aliphatic heterocycles. The van der Waals surface area contributed by atoms with Crippen LogP contribution in [0, 0.1) is 0 Å². The van der Waals surface area contributed by atoms with Crippen molar-refractivity contribution in [3.05, 3.63) is 0 Å². The maximum atomic E-state index is 12.2. The summed E-state index contributed by atoms with van der Waals surface area (Å²) < 4.78 is 0. The quantitative estimate of drug-likeness (QED) is 0.127. The first-order valence-electron chi connectivity index (χ1n) is 14.6. The van der Waals surface area contributed by atoms with E-state index in [4.69, 9.17) is 0 Å². The van der Waals surface area contributed by atoms with E-state index >= 15 is 0 Å². The summed E-state index contributed by atoms with van der Waals surface area (Å²) in [6.45, 7) is 7.38. The molecule has 10 heteroatoms. The van der Waals surface area contributed by atoms with Crippen LogP contribution in [0.5, 0.6) is 0 Å². The molecule has 10 nitrogen and oxygen atoms in total. The van der Waals surface area contributed by atoms with Crippen molar-refractivity contribution in [2.24, 2.45) is 0 Å². The first kappa shape index (κ1) is 35.4. The molecule has 0 bridgehead atoms. The molecule has 5 N–H and O–H groups in total. The molecule has 0 radical (unpaired) electrons. The average molecular weight is 540 g/mol. The van der Waals surface area contributed by atoms with E-state index in [0.29, 0.717) is 13.0 Å². The first-order chi connectivity index (χ1) is 18.2. The fourth-order valence-corrected chi connectivity index (χ4v) is 3.82. The Morgan fingerprint density at radius 2 is 0.921 bits per heavy atom. The topological polar surface area (TPSA) is 146 Å². The van der Waals surface area contributed by atoms with Crippen molar-refractivity contribution in [3.63, 3.8) is 0 Å². The lowest BCUT2D eigenvalue weighted by Gasteiger charge is -2.16.